The van der Waals surface area contributed by atoms with Crippen LogP contribution >= 0.6 is 27.3 Å². The van der Waals surface area contributed by atoms with E-state index in [1.54, 1.807) is 6.20 Å². The van der Waals surface area contributed by atoms with Crippen molar-refractivity contribution in [1.29, 1.82) is 0 Å². The van der Waals surface area contributed by atoms with Crippen molar-refractivity contribution in [3.63, 3.8) is 0 Å². The van der Waals surface area contributed by atoms with Crippen molar-refractivity contribution in [2.45, 2.75) is 0 Å². The van der Waals surface area contributed by atoms with Gasteiger partial charge in [0.15, 0.2) is 3.92 Å². The molecule has 0 aliphatic carbocycles. The van der Waals surface area contributed by atoms with E-state index in [-0.39, 0.29) is 0 Å². The van der Waals surface area contributed by atoms with E-state index < -0.39 is 0 Å². The number of aromatic nitrogens is 3. The van der Waals surface area contributed by atoms with Gasteiger partial charge < -0.3 is 4.42 Å². The summed E-state index contributed by atoms with van der Waals surface area (Å²) in [4.78, 5) is 4.94. The van der Waals surface area contributed by atoms with Gasteiger partial charge in [0.1, 0.15) is 4.88 Å². The van der Waals surface area contributed by atoms with E-state index in [1.165, 1.54) is 11.3 Å². The van der Waals surface area contributed by atoms with Crippen LogP contribution in [0.5, 0.6) is 0 Å². The van der Waals surface area contributed by atoms with Gasteiger partial charge in [-0.1, -0.05) is 18.2 Å². The van der Waals surface area contributed by atoms with Crippen molar-refractivity contribution in [2.75, 3.05) is 0 Å². The van der Waals surface area contributed by atoms with Crippen LogP contribution in [0.2, 0.25) is 0 Å². The Balaban J connectivity index is 1.99. The van der Waals surface area contributed by atoms with E-state index in [2.05, 4.69) is 31.1 Å². The van der Waals surface area contributed by atoms with Crippen LogP contribution in [0.15, 0.2) is 44.9 Å². The van der Waals surface area contributed by atoms with Crippen molar-refractivity contribution in [3.05, 3.63) is 40.4 Å². The van der Waals surface area contributed by atoms with Crippen LogP contribution in [-0.2, 0) is 0 Å². The van der Waals surface area contributed by atoms with E-state index in [4.69, 9.17) is 4.42 Å². The van der Waals surface area contributed by atoms with Crippen molar-refractivity contribution in [2.24, 2.45) is 0 Å². The number of thiazole rings is 1. The lowest BCUT2D eigenvalue weighted by molar-refractivity contribution is 0.586. The lowest BCUT2D eigenvalue weighted by Crippen LogP contribution is -1.75. The summed E-state index contributed by atoms with van der Waals surface area (Å²) in [5.74, 6) is 1.01. The summed E-state index contributed by atoms with van der Waals surface area (Å²) < 4.78 is 6.39. The smallest absolute Gasteiger partial charge is 0.259 e. The predicted octanol–water partition coefficient (Wildman–Crippen LogP) is 3.62. The molecule has 1 aromatic carbocycles. The molecule has 0 saturated carbocycles. The SMILES string of the molecule is Brc1ncc(-c2nnc(-c3ccccc3)o2)s1. The third-order valence-corrected chi connectivity index (χ3v) is 3.60. The van der Waals surface area contributed by atoms with Crippen molar-refractivity contribution >= 4 is 27.3 Å². The largest absolute Gasteiger partial charge is 0.415 e. The predicted molar refractivity (Wildman–Crippen MR) is 68.5 cm³/mol. The lowest BCUT2D eigenvalue weighted by atomic mass is 10.2. The fraction of sp³-hybridized carbons (Fsp3) is 0. The van der Waals surface area contributed by atoms with Crippen molar-refractivity contribution < 1.29 is 4.42 Å². The molecule has 0 fully saturated rings. The zero-order valence-corrected chi connectivity index (χ0v) is 10.9. The van der Waals surface area contributed by atoms with Crippen LogP contribution < -0.4 is 0 Å². The highest BCUT2D eigenvalue weighted by Gasteiger charge is 2.12. The van der Waals surface area contributed by atoms with E-state index in [0.29, 0.717) is 11.8 Å². The molecule has 0 spiro atoms. The van der Waals surface area contributed by atoms with Crippen LogP contribution in [0.3, 0.4) is 0 Å². The molecule has 4 nitrogen and oxygen atoms in total. The maximum absolute atomic E-state index is 5.60. The summed E-state index contributed by atoms with van der Waals surface area (Å²) in [6.45, 7) is 0. The highest BCUT2D eigenvalue weighted by atomic mass is 79.9. The molecule has 0 bridgehead atoms. The van der Waals surface area contributed by atoms with Crippen molar-refractivity contribution in [1.82, 2.24) is 15.2 Å². The molecule has 84 valence electrons. The first-order chi connectivity index (χ1) is 8.33. The summed E-state index contributed by atoms with van der Waals surface area (Å²) in [6, 6.07) is 9.67. The molecule has 0 saturated heterocycles. The number of rotatable bonds is 2. The molecule has 0 N–H and O–H groups in total. The first-order valence-electron chi connectivity index (χ1n) is 4.83. The van der Waals surface area contributed by atoms with Gasteiger partial charge in [0.2, 0.25) is 5.89 Å². The van der Waals surface area contributed by atoms with Gasteiger partial charge in [-0.2, -0.15) is 0 Å². The quantitative estimate of drug-likeness (QED) is 0.725. The Morgan fingerprint density at radius 3 is 2.53 bits per heavy atom. The Labute approximate surface area is 109 Å². The minimum absolute atomic E-state index is 0.493. The molecule has 0 atom stereocenters. The van der Waals surface area contributed by atoms with Crippen LogP contribution in [0, 0.1) is 0 Å². The second-order valence-corrected chi connectivity index (χ2v) is 5.56. The summed E-state index contributed by atoms with van der Waals surface area (Å²) >= 11 is 4.76. The highest BCUT2D eigenvalue weighted by molar-refractivity contribution is 9.11. The summed E-state index contributed by atoms with van der Waals surface area (Å²) in [7, 11) is 0. The topological polar surface area (TPSA) is 51.8 Å². The Morgan fingerprint density at radius 2 is 1.82 bits per heavy atom. The average Bonchev–Trinajstić information content (AvgIpc) is 2.98. The first kappa shape index (κ1) is 10.6. The molecule has 0 radical (unpaired) electrons. The zero-order valence-electron chi connectivity index (χ0n) is 8.50. The average molecular weight is 308 g/mol. The van der Waals surface area contributed by atoms with E-state index in [1.807, 2.05) is 30.3 Å². The maximum Gasteiger partial charge on any atom is 0.259 e. The fourth-order valence-electron chi connectivity index (χ4n) is 1.37. The van der Waals surface area contributed by atoms with E-state index in [9.17, 15) is 0 Å². The summed E-state index contributed by atoms with van der Waals surface area (Å²) in [6.07, 6.45) is 1.71. The highest BCUT2D eigenvalue weighted by Crippen LogP contribution is 2.29. The van der Waals surface area contributed by atoms with Gasteiger partial charge in [-0.15, -0.1) is 21.5 Å². The molecule has 6 heteroatoms. The monoisotopic (exact) mass is 307 g/mol. The first-order valence-corrected chi connectivity index (χ1v) is 6.44. The Morgan fingerprint density at radius 1 is 1.06 bits per heavy atom. The molecule has 0 unspecified atom stereocenters. The van der Waals surface area contributed by atoms with E-state index >= 15 is 0 Å². The number of hydrogen-bond donors (Lipinski definition) is 0. The third kappa shape index (κ3) is 2.13. The number of nitrogens with zero attached hydrogens (tertiary/aromatic N) is 3. The second kappa shape index (κ2) is 4.38. The molecule has 2 aromatic heterocycles. The normalized spacial score (nSPS) is 10.6. The minimum Gasteiger partial charge on any atom is -0.415 e. The Kier molecular flexibility index (Phi) is 2.74. The number of benzene rings is 1. The summed E-state index contributed by atoms with van der Waals surface area (Å²) in [5.41, 5.74) is 0.912. The minimum atomic E-state index is 0.493. The van der Waals surface area contributed by atoms with Crippen LogP contribution in [0.1, 0.15) is 0 Å². The van der Waals surface area contributed by atoms with Crippen LogP contribution in [0.25, 0.3) is 22.2 Å². The molecular weight excluding hydrogens is 302 g/mol. The van der Waals surface area contributed by atoms with Crippen LogP contribution in [-0.4, -0.2) is 15.2 Å². The van der Waals surface area contributed by atoms with Gasteiger partial charge in [-0.3, -0.25) is 0 Å². The zero-order chi connectivity index (χ0) is 11.7. The molecule has 2 heterocycles. The van der Waals surface area contributed by atoms with Gasteiger partial charge in [0.05, 0.1) is 6.20 Å². The fourth-order valence-corrected chi connectivity index (χ4v) is 2.56. The maximum atomic E-state index is 5.60. The van der Waals surface area contributed by atoms with Gasteiger partial charge >= 0.3 is 0 Å². The summed E-state index contributed by atoms with van der Waals surface area (Å²) in [5, 5.41) is 8.03. The number of halogens is 1. The molecule has 0 aliphatic rings. The Hall–Kier alpha value is -1.53. The van der Waals surface area contributed by atoms with Gasteiger partial charge in [-0.25, -0.2) is 4.98 Å². The third-order valence-electron chi connectivity index (χ3n) is 2.13. The Bertz CT molecular complexity index is 635. The lowest BCUT2D eigenvalue weighted by Gasteiger charge is -1.91. The molecule has 3 aromatic rings. The van der Waals surface area contributed by atoms with Crippen molar-refractivity contribution in [3.8, 4) is 22.2 Å². The molecule has 17 heavy (non-hydrogen) atoms. The molecule has 3 rings (SSSR count). The van der Waals surface area contributed by atoms with E-state index in [0.717, 1.165) is 14.4 Å². The molecule has 0 aliphatic heterocycles. The van der Waals surface area contributed by atoms with Gasteiger partial charge in [0, 0.05) is 5.56 Å². The second-order valence-electron chi connectivity index (χ2n) is 3.26. The molecular formula is C11H6BrN3OS. The van der Waals surface area contributed by atoms with Gasteiger partial charge in [0.25, 0.3) is 5.89 Å². The van der Waals surface area contributed by atoms with Gasteiger partial charge in [-0.05, 0) is 28.1 Å². The standard InChI is InChI=1S/C11H6BrN3OS/c12-11-13-6-8(17-11)10-15-14-9(16-10)7-4-2-1-3-5-7/h1-6H. The molecule has 0 amide bonds. The number of hydrogen-bond acceptors (Lipinski definition) is 5. The van der Waals surface area contributed by atoms with Crippen LogP contribution in [0.4, 0.5) is 0 Å².